The zero-order valence-electron chi connectivity index (χ0n) is 10.7. The molecule has 0 amide bonds. The van der Waals surface area contributed by atoms with E-state index in [1.807, 2.05) is 12.3 Å². The molecule has 0 aliphatic carbocycles. The topological polar surface area (TPSA) is 47.9 Å². The Labute approximate surface area is 125 Å². The van der Waals surface area contributed by atoms with Crippen LogP contribution in [0.3, 0.4) is 0 Å². The van der Waals surface area contributed by atoms with Gasteiger partial charge in [-0.3, -0.25) is 4.98 Å². The van der Waals surface area contributed by atoms with E-state index in [4.69, 9.17) is 16.3 Å². The Hall–Kier alpha value is -1.04. The number of aryl methyl sites for hydroxylation is 1. The van der Waals surface area contributed by atoms with Gasteiger partial charge in [-0.15, -0.1) is 0 Å². The number of rotatable bonds is 4. The Morgan fingerprint density at radius 3 is 2.84 bits per heavy atom. The Morgan fingerprint density at radius 1 is 1.37 bits per heavy atom. The van der Waals surface area contributed by atoms with E-state index < -0.39 is 0 Å². The van der Waals surface area contributed by atoms with Gasteiger partial charge in [0.05, 0.1) is 16.8 Å². The normalized spacial score (nSPS) is 10.7. The third-order valence-electron chi connectivity index (χ3n) is 2.69. The minimum absolute atomic E-state index is 0.377. The van der Waals surface area contributed by atoms with Crippen molar-refractivity contribution in [1.29, 1.82) is 0 Å². The molecule has 0 N–H and O–H groups in total. The largest absolute Gasteiger partial charge is 0.378 e. The quantitative estimate of drug-likeness (QED) is 0.796. The third-order valence-corrected chi connectivity index (χ3v) is 4.02. The fourth-order valence-corrected chi connectivity index (χ4v) is 2.22. The molecule has 6 heteroatoms. The van der Waals surface area contributed by atoms with Crippen molar-refractivity contribution in [1.82, 2.24) is 15.0 Å². The monoisotopic (exact) mass is 341 g/mol. The molecule has 2 aromatic heterocycles. The van der Waals surface area contributed by atoms with E-state index in [1.165, 1.54) is 0 Å². The van der Waals surface area contributed by atoms with Gasteiger partial charge in [0.15, 0.2) is 5.82 Å². The molecule has 0 fully saturated rings. The average Bonchev–Trinajstić information content (AvgIpc) is 2.43. The molecule has 2 aromatic rings. The summed E-state index contributed by atoms with van der Waals surface area (Å²) in [4.78, 5) is 12.9. The van der Waals surface area contributed by atoms with Crippen LogP contribution in [-0.4, -0.2) is 22.1 Å². The summed E-state index contributed by atoms with van der Waals surface area (Å²) in [7, 11) is 1.62. The van der Waals surface area contributed by atoms with Crippen LogP contribution in [0.1, 0.15) is 18.2 Å². The van der Waals surface area contributed by atoms with Gasteiger partial charge in [-0.25, -0.2) is 9.97 Å². The molecule has 0 bridgehead atoms. The third kappa shape index (κ3) is 3.11. The fraction of sp³-hybridized carbons (Fsp3) is 0.308. The van der Waals surface area contributed by atoms with E-state index in [1.54, 1.807) is 13.3 Å². The van der Waals surface area contributed by atoms with Crippen molar-refractivity contribution in [2.75, 3.05) is 7.11 Å². The van der Waals surface area contributed by atoms with Crippen molar-refractivity contribution < 1.29 is 4.74 Å². The van der Waals surface area contributed by atoms with E-state index in [9.17, 15) is 0 Å². The number of aromatic nitrogens is 3. The number of methoxy groups -OCH3 is 1. The minimum Gasteiger partial charge on any atom is -0.378 e. The summed E-state index contributed by atoms with van der Waals surface area (Å²) in [5.41, 5.74) is 2.77. The predicted octanol–water partition coefficient (Wildman–Crippen LogP) is 3.66. The van der Waals surface area contributed by atoms with Gasteiger partial charge in [0.2, 0.25) is 0 Å². The number of hydrogen-bond donors (Lipinski definition) is 0. The number of nitrogens with zero attached hydrogens (tertiary/aromatic N) is 3. The van der Waals surface area contributed by atoms with Crippen LogP contribution < -0.4 is 0 Å². The summed E-state index contributed by atoms with van der Waals surface area (Å²) in [6, 6.07) is 1.90. The molecule has 0 unspecified atom stereocenters. The highest BCUT2D eigenvalue weighted by molar-refractivity contribution is 9.10. The molecular formula is C13H13BrClN3O. The summed E-state index contributed by atoms with van der Waals surface area (Å²) in [5.74, 6) is 0.597. The summed E-state index contributed by atoms with van der Waals surface area (Å²) >= 11 is 9.51. The van der Waals surface area contributed by atoms with Crippen LogP contribution in [0.4, 0.5) is 0 Å². The van der Waals surface area contributed by atoms with Crippen LogP contribution in [0.5, 0.6) is 0 Å². The predicted molar refractivity (Wildman–Crippen MR) is 78.1 cm³/mol. The van der Waals surface area contributed by atoms with E-state index >= 15 is 0 Å². The number of pyridine rings is 1. The van der Waals surface area contributed by atoms with Crippen LogP contribution in [0.2, 0.25) is 5.15 Å². The Morgan fingerprint density at radius 2 is 2.16 bits per heavy atom. The highest BCUT2D eigenvalue weighted by atomic mass is 79.9. The lowest BCUT2D eigenvalue weighted by Gasteiger charge is -2.10. The van der Waals surface area contributed by atoms with Crippen molar-refractivity contribution in [3.8, 4) is 11.4 Å². The van der Waals surface area contributed by atoms with Crippen molar-refractivity contribution in [3.05, 3.63) is 39.3 Å². The summed E-state index contributed by atoms with van der Waals surface area (Å²) in [5, 5.41) is 0.385. The Bertz CT molecular complexity index is 592. The van der Waals surface area contributed by atoms with E-state index in [-0.39, 0.29) is 0 Å². The van der Waals surface area contributed by atoms with E-state index in [0.717, 1.165) is 23.2 Å². The molecular weight excluding hydrogens is 330 g/mol. The summed E-state index contributed by atoms with van der Waals surface area (Å²) < 4.78 is 5.79. The number of halogens is 2. The van der Waals surface area contributed by atoms with Crippen LogP contribution in [0.15, 0.2) is 22.9 Å². The zero-order chi connectivity index (χ0) is 13.8. The Kier molecular flexibility index (Phi) is 4.85. The highest BCUT2D eigenvalue weighted by Crippen LogP contribution is 2.28. The van der Waals surface area contributed by atoms with Crippen molar-refractivity contribution >= 4 is 27.5 Å². The second-order valence-corrected chi connectivity index (χ2v) is 5.07. The first-order chi connectivity index (χ1) is 9.17. The first-order valence-corrected chi connectivity index (χ1v) is 6.98. The van der Waals surface area contributed by atoms with Gasteiger partial charge in [0.25, 0.3) is 0 Å². The molecule has 0 saturated heterocycles. The minimum atomic E-state index is 0.377. The molecule has 100 valence electrons. The second kappa shape index (κ2) is 6.41. The molecule has 4 nitrogen and oxygen atoms in total. The van der Waals surface area contributed by atoms with Crippen LogP contribution >= 0.6 is 27.5 Å². The van der Waals surface area contributed by atoms with Gasteiger partial charge >= 0.3 is 0 Å². The number of hydrogen-bond acceptors (Lipinski definition) is 4. The van der Waals surface area contributed by atoms with Gasteiger partial charge in [-0.2, -0.15) is 0 Å². The van der Waals surface area contributed by atoms with Gasteiger partial charge < -0.3 is 4.74 Å². The van der Waals surface area contributed by atoms with Gasteiger partial charge in [0, 0.05) is 25.1 Å². The molecule has 0 aliphatic heterocycles. The lowest BCUT2D eigenvalue weighted by atomic mass is 10.1. The fourth-order valence-electron chi connectivity index (χ4n) is 1.74. The molecule has 0 aliphatic rings. The second-order valence-electron chi connectivity index (χ2n) is 3.92. The van der Waals surface area contributed by atoms with Crippen molar-refractivity contribution in [2.45, 2.75) is 20.0 Å². The molecule has 0 aromatic carbocycles. The maximum absolute atomic E-state index is 6.13. The first-order valence-electron chi connectivity index (χ1n) is 5.81. The SMILES string of the molecule is CCc1cnccc1-c1nc(Cl)c(Br)c(COC)n1. The molecule has 2 heterocycles. The van der Waals surface area contributed by atoms with Gasteiger partial charge in [-0.05, 0) is 34.0 Å². The van der Waals surface area contributed by atoms with E-state index in [2.05, 4.69) is 37.8 Å². The Balaban J connectivity index is 2.56. The average molecular weight is 343 g/mol. The van der Waals surface area contributed by atoms with Gasteiger partial charge in [-0.1, -0.05) is 18.5 Å². The van der Waals surface area contributed by atoms with Crippen molar-refractivity contribution in [3.63, 3.8) is 0 Å². The maximum atomic E-state index is 6.13. The molecule has 0 spiro atoms. The number of ether oxygens (including phenoxy) is 1. The lowest BCUT2D eigenvalue weighted by Crippen LogP contribution is -2.01. The smallest absolute Gasteiger partial charge is 0.161 e. The standard InChI is InChI=1S/C13H13BrClN3O/c1-3-8-6-16-5-4-9(8)13-17-10(7-19-2)11(14)12(15)18-13/h4-6H,3,7H2,1-2H3. The summed E-state index contributed by atoms with van der Waals surface area (Å²) in [6.45, 7) is 2.44. The highest BCUT2D eigenvalue weighted by Gasteiger charge is 2.14. The molecule has 0 radical (unpaired) electrons. The molecule has 0 atom stereocenters. The summed E-state index contributed by atoms with van der Waals surface area (Å²) in [6.07, 6.45) is 4.41. The van der Waals surface area contributed by atoms with Crippen molar-refractivity contribution in [2.24, 2.45) is 0 Å². The molecule has 19 heavy (non-hydrogen) atoms. The lowest BCUT2D eigenvalue weighted by molar-refractivity contribution is 0.181. The van der Waals surface area contributed by atoms with Crippen LogP contribution in [0.25, 0.3) is 11.4 Å². The zero-order valence-corrected chi connectivity index (χ0v) is 13.0. The first kappa shape index (κ1) is 14.4. The molecule has 0 saturated carbocycles. The molecule has 2 rings (SSSR count). The van der Waals surface area contributed by atoms with Crippen LogP contribution in [0, 0.1) is 0 Å². The van der Waals surface area contributed by atoms with Gasteiger partial charge in [0.1, 0.15) is 5.15 Å². The maximum Gasteiger partial charge on any atom is 0.161 e. The van der Waals surface area contributed by atoms with Crippen LogP contribution in [-0.2, 0) is 17.8 Å². The van der Waals surface area contributed by atoms with E-state index in [0.29, 0.717) is 22.1 Å².